The summed E-state index contributed by atoms with van der Waals surface area (Å²) in [7, 11) is 0. The van der Waals surface area contributed by atoms with Crippen LogP contribution in [0.5, 0.6) is 0 Å². The summed E-state index contributed by atoms with van der Waals surface area (Å²) in [4.78, 5) is 15.5. The molecule has 326 valence electrons. The molecule has 0 amide bonds. The second-order valence-electron chi connectivity index (χ2n) is 17.9. The van der Waals surface area contributed by atoms with E-state index in [0.29, 0.717) is 17.5 Å². The molecule has 15 rings (SSSR count). The quantitative estimate of drug-likeness (QED) is 0.166. The van der Waals surface area contributed by atoms with Gasteiger partial charge in [0.2, 0.25) is 0 Å². The summed E-state index contributed by atoms with van der Waals surface area (Å²) in [5.41, 5.74) is 13.9. The van der Waals surface area contributed by atoms with Crippen LogP contribution in [0.2, 0.25) is 0 Å². The van der Waals surface area contributed by atoms with Crippen LogP contribution < -0.4 is 0 Å². The highest BCUT2D eigenvalue weighted by atomic mass is 32.1. The zero-order valence-corrected chi connectivity index (χ0v) is 38.1. The van der Waals surface area contributed by atoms with Crippen molar-refractivity contribution >= 4 is 97.2 Å². The van der Waals surface area contributed by atoms with Gasteiger partial charge in [-0.2, -0.15) is 0 Å². The van der Waals surface area contributed by atoms with Crippen molar-refractivity contribution in [2.45, 2.75) is 0 Å². The molecule has 0 bridgehead atoms. The van der Waals surface area contributed by atoms with Crippen molar-refractivity contribution in [3.8, 4) is 62.1 Å². The zero-order valence-electron chi connectivity index (χ0n) is 37.3. The van der Waals surface area contributed by atoms with Gasteiger partial charge in [-0.15, -0.1) is 11.3 Å². The maximum Gasteiger partial charge on any atom is 0.167 e. The first-order chi connectivity index (χ1) is 34.7. The van der Waals surface area contributed by atoms with Crippen LogP contribution in [0.3, 0.4) is 0 Å². The molecule has 70 heavy (non-hydrogen) atoms. The minimum Gasteiger partial charge on any atom is -0.456 e. The van der Waals surface area contributed by atoms with E-state index in [4.69, 9.17) is 23.8 Å². The summed E-state index contributed by atoms with van der Waals surface area (Å²) in [6.07, 6.45) is 0. The number of fused-ring (bicyclic) bond motifs is 12. The van der Waals surface area contributed by atoms with Crippen molar-refractivity contribution in [2.75, 3.05) is 0 Å². The Hall–Kier alpha value is -9.17. The van der Waals surface area contributed by atoms with E-state index in [2.05, 4.69) is 150 Å². The van der Waals surface area contributed by atoms with E-state index < -0.39 is 0 Å². The summed E-state index contributed by atoms with van der Waals surface area (Å²) >= 11 is 1.84. The lowest BCUT2D eigenvalue weighted by atomic mass is 9.96. The molecular weight excluding hydrogens is 877 g/mol. The van der Waals surface area contributed by atoms with Crippen molar-refractivity contribution < 1.29 is 8.83 Å². The van der Waals surface area contributed by atoms with Crippen molar-refractivity contribution in [3.05, 3.63) is 218 Å². The number of benzene rings is 10. The van der Waals surface area contributed by atoms with E-state index in [1.165, 1.54) is 53.1 Å². The smallest absolute Gasteiger partial charge is 0.167 e. The summed E-state index contributed by atoms with van der Waals surface area (Å²) < 4.78 is 18.0. The van der Waals surface area contributed by atoms with Crippen LogP contribution in [0.25, 0.3) is 148 Å². The molecule has 0 aliphatic carbocycles. The third-order valence-corrected chi connectivity index (χ3v) is 15.0. The van der Waals surface area contributed by atoms with E-state index in [1.807, 2.05) is 84.1 Å². The predicted octanol–water partition coefficient (Wildman–Crippen LogP) is 17.5. The van der Waals surface area contributed by atoms with E-state index in [9.17, 15) is 0 Å². The number of nitrogens with zero attached hydrogens (tertiary/aromatic N) is 4. The molecule has 0 spiro atoms. The Kier molecular flexibility index (Phi) is 8.43. The number of aromatic nitrogens is 4. The van der Waals surface area contributed by atoms with Crippen LogP contribution in [0, 0.1) is 0 Å². The van der Waals surface area contributed by atoms with Crippen LogP contribution in [-0.2, 0) is 0 Å². The van der Waals surface area contributed by atoms with Gasteiger partial charge >= 0.3 is 0 Å². The number of thiophene rings is 1. The Bertz CT molecular complexity index is 4600. The molecule has 0 fully saturated rings. The Morgan fingerprint density at radius 1 is 0.329 bits per heavy atom. The minimum absolute atomic E-state index is 0.536. The van der Waals surface area contributed by atoms with E-state index in [0.717, 1.165) is 77.4 Å². The first-order valence-corrected chi connectivity index (χ1v) is 24.2. The van der Waals surface area contributed by atoms with Gasteiger partial charge in [0.1, 0.15) is 22.3 Å². The van der Waals surface area contributed by atoms with Gasteiger partial charge in [0, 0.05) is 69.3 Å². The Morgan fingerprint density at radius 3 is 1.83 bits per heavy atom. The largest absolute Gasteiger partial charge is 0.456 e. The molecule has 0 saturated heterocycles. The summed E-state index contributed by atoms with van der Waals surface area (Å²) in [6, 6.07) is 76.9. The predicted molar refractivity (Wildman–Crippen MR) is 289 cm³/mol. The second kappa shape index (κ2) is 15.2. The molecule has 5 aromatic heterocycles. The summed E-state index contributed by atoms with van der Waals surface area (Å²) in [6.45, 7) is 0. The fourth-order valence-corrected chi connectivity index (χ4v) is 11.8. The fraction of sp³-hybridized carbons (Fsp3) is 0. The van der Waals surface area contributed by atoms with Gasteiger partial charge in [-0.25, -0.2) is 15.0 Å². The molecule has 0 saturated carbocycles. The van der Waals surface area contributed by atoms with Crippen molar-refractivity contribution in [2.24, 2.45) is 0 Å². The van der Waals surface area contributed by atoms with Gasteiger partial charge in [0.15, 0.2) is 17.5 Å². The molecule has 0 aliphatic rings. The molecule has 0 radical (unpaired) electrons. The first kappa shape index (κ1) is 38.9. The maximum atomic E-state index is 6.60. The van der Waals surface area contributed by atoms with Gasteiger partial charge in [-0.05, 0) is 101 Å². The average Bonchev–Trinajstić information content (AvgIpc) is 4.20. The molecule has 0 N–H and O–H groups in total. The molecule has 0 aliphatic heterocycles. The van der Waals surface area contributed by atoms with Gasteiger partial charge in [0.25, 0.3) is 0 Å². The van der Waals surface area contributed by atoms with Crippen LogP contribution in [0.1, 0.15) is 0 Å². The molecule has 15 aromatic rings. The topological polar surface area (TPSA) is 69.9 Å². The standard InChI is InChI=1S/C63H36N4O2S/c1-3-14-37(15-4-1)61-64-62(66-63(65-61)47-23-11-21-45-44-19-8-10-25-53(44)69-60(45)47)46-22-12-26-55-58(46)49-34-38(29-32-54(49)68-55)39-30-33-56-50(35-39)59-42(20-13-27-57(59)70-56)40-28-31-52-48(36-40)43-18-7-9-24-51(43)67(52)41-16-5-2-6-17-41/h1-36H. The number of furan rings is 2. The van der Waals surface area contributed by atoms with Gasteiger partial charge in [0.05, 0.1) is 16.6 Å². The molecule has 7 heteroatoms. The van der Waals surface area contributed by atoms with E-state index >= 15 is 0 Å². The summed E-state index contributed by atoms with van der Waals surface area (Å²) in [5, 5.41) is 9.00. The Labute approximate surface area is 404 Å². The minimum atomic E-state index is 0.536. The lowest BCUT2D eigenvalue weighted by Gasteiger charge is -2.10. The zero-order chi connectivity index (χ0) is 45.9. The molecule has 6 nitrogen and oxygen atoms in total. The van der Waals surface area contributed by atoms with Crippen molar-refractivity contribution in [1.29, 1.82) is 0 Å². The highest BCUT2D eigenvalue weighted by Gasteiger charge is 2.22. The summed E-state index contributed by atoms with van der Waals surface area (Å²) in [5.74, 6) is 1.67. The fourth-order valence-electron chi connectivity index (χ4n) is 10.7. The third-order valence-electron chi connectivity index (χ3n) is 13.9. The van der Waals surface area contributed by atoms with Crippen molar-refractivity contribution in [1.82, 2.24) is 19.5 Å². The SMILES string of the molecule is c1ccc(-c2nc(-c3cccc4c3oc3ccccc34)nc(-c3cccc4oc5ccc(-c6ccc7sc8cccc(-c9ccc%10c(c9)c9ccccc9n%10-c9ccccc9)c8c7c6)cc5c34)n2)cc1. The van der Waals surface area contributed by atoms with Gasteiger partial charge < -0.3 is 13.4 Å². The lowest BCUT2D eigenvalue weighted by Crippen LogP contribution is -2.00. The molecular formula is C63H36N4O2S. The Balaban J connectivity index is 0.882. The van der Waals surface area contributed by atoms with Gasteiger partial charge in [-0.1, -0.05) is 140 Å². The number of hydrogen-bond donors (Lipinski definition) is 0. The highest BCUT2D eigenvalue weighted by molar-refractivity contribution is 7.26. The molecule has 5 heterocycles. The van der Waals surface area contributed by atoms with E-state index in [1.54, 1.807) is 0 Å². The van der Waals surface area contributed by atoms with Gasteiger partial charge in [-0.3, -0.25) is 0 Å². The maximum absolute atomic E-state index is 6.60. The first-order valence-electron chi connectivity index (χ1n) is 23.4. The number of para-hydroxylation sites is 4. The van der Waals surface area contributed by atoms with Crippen LogP contribution in [0.15, 0.2) is 227 Å². The monoisotopic (exact) mass is 912 g/mol. The lowest BCUT2D eigenvalue weighted by molar-refractivity contribution is 0.668. The highest BCUT2D eigenvalue weighted by Crippen LogP contribution is 2.45. The number of hydrogen-bond acceptors (Lipinski definition) is 6. The van der Waals surface area contributed by atoms with Crippen molar-refractivity contribution in [3.63, 3.8) is 0 Å². The molecule has 10 aromatic carbocycles. The molecule has 0 unspecified atom stereocenters. The van der Waals surface area contributed by atoms with Crippen LogP contribution >= 0.6 is 11.3 Å². The van der Waals surface area contributed by atoms with Crippen LogP contribution in [0.4, 0.5) is 0 Å². The second-order valence-corrected chi connectivity index (χ2v) is 18.9. The molecule has 0 atom stereocenters. The Morgan fingerprint density at radius 2 is 0.943 bits per heavy atom. The normalized spacial score (nSPS) is 12.0. The van der Waals surface area contributed by atoms with E-state index in [-0.39, 0.29) is 0 Å². The van der Waals surface area contributed by atoms with Crippen LogP contribution in [-0.4, -0.2) is 19.5 Å². The third kappa shape index (κ3) is 5.95. The number of rotatable bonds is 6. The average molecular weight is 913 g/mol.